The van der Waals surface area contributed by atoms with Crippen LogP contribution in [0.2, 0.25) is 5.02 Å². The molecule has 8 heteroatoms. The molecule has 1 fully saturated rings. The lowest BCUT2D eigenvalue weighted by Gasteiger charge is -2.25. The minimum atomic E-state index is -0.902. The summed E-state index contributed by atoms with van der Waals surface area (Å²) in [5.74, 6) is -0.796. The second-order valence-electron chi connectivity index (χ2n) is 8.46. The summed E-state index contributed by atoms with van der Waals surface area (Å²) in [5, 5.41) is 12.6. The molecule has 0 bridgehead atoms. The lowest BCUT2D eigenvalue weighted by molar-refractivity contribution is -0.132. The van der Waals surface area contributed by atoms with Gasteiger partial charge in [-0.1, -0.05) is 29.8 Å². The molecule has 4 aromatic rings. The highest BCUT2D eigenvalue weighted by Gasteiger charge is 2.48. The minimum Gasteiger partial charge on any atom is -0.507 e. The van der Waals surface area contributed by atoms with E-state index in [0.717, 1.165) is 10.9 Å². The normalized spacial score (nSPS) is 16.9. The number of nitrogens with one attached hydrogen (secondary N) is 1. The van der Waals surface area contributed by atoms with Crippen molar-refractivity contribution in [1.82, 2.24) is 4.98 Å². The first-order valence-corrected chi connectivity index (χ1v) is 12.3. The predicted octanol–water partition coefficient (Wildman–Crippen LogP) is 6.25. The van der Waals surface area contributed by atoms with E-state index in [2.05, 4.69) is 4.98 Å². The summed E-state index contributed by atoms with van der Waals surface area (Å²) >= 11 is 6.44. The van der Waals surface area contributed by atoms with E-state index in [1.165, 1.54) is 4.90 Å². The van der Waals surface area contributed by atoms with Crippen molar-refractivity contribution < 1.29 is 24.2 Å². The Morgan fingerprint density at radius 2 is 1.65 bits per heavy atom. The molecule has 0 spiro atoms. The Labute approximate surface area is 218 Å². The van der Waals surface area contributed by atoms with Crippen LogP contribution in [0.25, 0.3) is 16.7 Å². The Morgan fingerprint density at radius 1 is 0.973 bits per heavy atom. The van der Waals surface area contributed by atoms with E-state index in [1.807, 2.05) is 38.1 Å². The highest BCUT2D eigenvalue weighted by molar-refractivity contribution is 6.52. The Bertz CT molecular complexity index is 1520. The highest BCUT2D eigenvalue weighted by atomic mass is 35.5. The van der Waals surface area contributed by atoms with Crippen LogP contribution in [0.15, 0.2) is 78.5 Å². The first kappa shape index (κ1) is 24.5. The summed E-state index contributed by atoms with van der Waals surface area (Å²) in [6.07, 6.45) is 1.76. The molecule has 2 N–H and O–H groups in total. The van der Waals surface area contributed by atoms with Gasteiger partial charge in [-0.3, -0.25) is 14.5 Å². The second-order valence-corrected chi connectivity index (χ2v) is 8.87. The number of hydrogen-bond acceptors (Lipinski definition) is 5. The van der Waals surface area contributed by atoms with Crippen molar-refractivity contribution in [2.45, 2.75) is 19.9 Å². The number of hydrogen-bond donors (Lipinski definition) is 2. The molecule has 1 aliphatic heterocycles. The number of carbonyl (C=O) groups excluding carboxylic acids is 2. The SMILES string of the molecule is CCOc1ccc(N2C(=O)C(=O)/C(=C(/O)c3cc(OCC)ccc3Cl)C2c2c[nH]c3ccccc23)cc1. The van der Waals surface area contributed by atoms with Crippen LogP contribution in [-0.2, 0) is 9.59 Å². The topological polar surface area (TPSA) is 91.9 Å². The number of amides is 1. The first-order valence-electron chi connectivity index (χ1n) is 12.0. The van der Waals surface area contributed by atoms with Crippen LogP contribution < -0.4 is 14.4 Å². The number of rotatable bonds is 7. The predicted molar refractivity (Wildman–Crippen MR) is 143 cm³/mol. The van der Waals surface area contributed by atoms with E-state index in [-0.39, 0.29) is 21.9 Å². The molecular weight excluding hydrogens is 492 g/mol. The number of benzene rings is 3. The van der Waals surface area contributed by atoms with Gasteiger partial charge in [0.25, 0.3) is 11.7 Å². The molecule has 3 aromatic carbocycles. The van der Waals surface area contributed by atoms with Crippen LogP contribution in [0, 0.1) is 0 Å². The van der Waals surface area contributed by atoms with Crippen LogP contribution in [0.4, 0.5) is 5.69 Å². The lowest BCUT2D eigenvalue weighted by Crippen LogP contribution is -2.29. The molecule has 7 nitrogen and oxygen atoms in total. The van der Waals surface area contributed by atoms with Crippen molar-refractivity contribution in [1.29, 1.82) is 0 Å². The summed E-state index contributed by atoms with van der Waals surface area (Å²) in [7, 11) is 0. The Hall–Kier alpha value is -4.23. The fourth-order valence-corrected chi connectivity index (χ4v) is 4.88. The van der Waals surface area contributed by atoms with Crippen molar-refractivity contribution in [3.05, 3.63) is 94.6 Å². The standard InChI is InChI=1S/C29H25ClN2O5/c1-3-36-18-11-9-17(10-12-18)32-26(22-16-31-24-8-6-5-7-20(22)24)25(28(34)29(32)35)27(33)21-15-19(37-4-2)13-14-23(21)30/h5-16,26,31,33H,3-4H2,1-2H3/b27-25+. The first-order chi connectivity index (χ1) is 17.9. The van der Waals surface area contributed by atoms with Crippen molar-refractivity contribution in [2.75, 3.05) is 18.1 Å². The Balaban J connectivity index is 1.73. The van der Waals surface area contributed by atoms with Crippen molar-refractivity contribution in [3.8, 4) is 11.5 Å². The molecule has 2 heterocycles. The number of carbonyl (C=O) groups is 2. The molecule has 1 atom stereocenters. The fraction of sp³-hybridized carbons (Fsp3) is 0.172. The van der Waals surface area contributed by atoms with Gasteiger partial charge in [0.15, 0.2) is 0 Å². The van der Waals surface area contributed by atoms with Gasteiger partial charge < -0.3 is 19.6 Å². The van der Waals surface area contributed by atoms with Crippen molar-refractivity contribution >= 4 is 45.6 Å². The molecule has 5 rings (SSSR count). The number of aromatic nitrogens is 1. The largest absolute Gasteiger partial charge is 0.507 e. The number of anilines is 1. The van der Waals surface area contributed by atoms with Crippen LogP contribution >= 0.6 is 11.6 Å². The van der Waals surface area contributed by atoms with Gasteiger partial charge in [-0.05, 0) is 62.4 Å². The van der Waals surface area contributed by atoms with E-state index in [1.54, 1.807) is 48.7 Å². The summed E-state index contributed by atoms with van der Waals surface area (Å²) in [6.45, 7) is 4.64. The van der Waals surface area contributed by atoms with Gasteiger partial charge in [-0.15, -0.1) is 0 Å². The molecule has 1 saturated heterocycles. The number of halogens is 1. The maximum atomic E-state index is 13.5. The minimum absolute atomic E-state index is 0.0563. The number of Topliss-reactive ketones (excluding diaryl/α,β-unsaturated/α-hetero) is 1. The van der Waals surface area contributed by atoms with Crippen molar-refractivity contribution in [2.24, 2.45) is 0 Å². The third-order valence-electron chi connectivity index (χ3n) is 6.29. The monoisotopic (exact) mass is 516 g/mol. The average Bonchev–Trinajstić information content (AvgIpc) is 3.44. The second kappa shape index (κ2) is 10.0. The van der Waals surface area contributed by atoms with Gasteiger partial charge in [0, 0.05) is 33.9 Å². The molecule has 1 aliphatic rings. The maximum absolute atomic E-state index is 13.5. The lowest BCUT2D eigenvalue weighted by atomic mass is 9.94. The molecule has 1 unspecified atom stereocenters. The van der Waals surface area contributed by atoms with Gasteiger partial charge in [0.2, 0.25) is 0 Å². The van der Waals surface area contributed by atoms with Gasteiger partial charge in [0.1, 0.15) is 17.3 Å². The number of nitrogens with zero attached hydrogens (tertiary/aromatic N) is 1. The molecule has 188 valence electrons. The number of para-hydroxylation sites is 1. The number of fused-ring (bicyclic) bond motifs is 1. The number of H-pyrrole nitrogens is 1. The zero-order valence-corrected chi connectivity index (χ0v) is 21.1. The summed E-state index contributed by atoms with van der Waals surface area (Å²) < 4.78 is 11.1. The van der Waals surface area contributed by atoms with Gasteiger partial charge in [-0.2, -0.15) is 0 Å². The molecule has 0 aliphatic carbocycles. The van der Waals surface area contributed by atoms with Crippen molar-refractivity contribution in [3.63, 3.8) is 0 Å². The number of aliphatic hydroxyl groups excluding tert-OH is 1. The van der Waals surface area contributed by atoms with Gasteiger partial charge >= 0.3 is 0 Å². The number of aliphatic hydroxyl groups is 1. The van der Waals surface area contributed by atoms with E-state index >= 15 is 0 Å². The molecule has 1 amide bonds. The Morgan fingerprint density at radius 3 is 2.38 bits per heavy atom. The zero-order valence-electron chi connectivity index (χ0n) is 20.3. The number of ketones is 1. The number of ether oxygens (including phenoxy) is 2. The zero-order chi connectivity index (χ0) is 26.1. The molecule has 1 aromatic heterocycles. The van der Waals surface area contributed by atoms with Gasteiger partial charge in [0.05, 0.1) is 29.9 Å². The van der Waals surface area contributed by atoms with Gasteiger partial charge in [-0.25, -0.2) is 0 Å². The van der Waals surface area contributed by atoms with Crippen LogP contribution in [0.5, 0.6) is 11.5 Å². The molecule has 0 radical (unpaired) electrons. The quantitative estimate of drug-likeness (QED) is 0.172. The van der Waals surface area contributed by atoms with Crippen LogP contribution in [0.3, 0.4) is 0 Å². The molecule has 0 saturated carbocycles. The smallest absolute Gasteiger partial charge is 0.300 e. The fourth-order valence-electron chi connectivity index (χ4n) is 4.67. The third kappa shape index (κ3) is 4.32. The maximum Gasteiger partial charge on any atom is 0.300 e. The average molecular weight is 517 g/mol. The number of aromatic amines is 1. The van der Waals surface area contributed by atoms with E-state index in [4.69, 9.17) is 21.1 Å². The van der Waals surface area contributed by atoms with E-state index < -0.39 is 17.7 Å². The highest BCUT2D eigenvalue weighted by Crippen LogP contribution is 2.45. The molecule has 37 heavy (non-hydrogen) atoms. The summed E-state index contributed by atoms with van der Waals surface area (Å²) in [5.41, 5.74) is 2.16. The summed E-state index contributed by atoms with van der Waals surface area (Å²) in [4.78, 5) is 31.6. The van der Waals surface area contributed by atoms with Crippen LogP contribution in [-0.4, -0.2) is 35.0 Å². The van der Waals surface area contributed by atoms with E-state index in [9.17, 15) is 14.7 Å². The van der Waals surface area contributed by atoms with E-state index in [0.29, 0.717) is 36.0 Å². The third-order valence-corrected chi connectivity index (χ3v) is 6.62. The molecular formula is C29H25ClN2O5. The summed E-state index contributed by atoms with van der Waals surface area (Å²) in [6, 6.07) is 18.4. The Kier molecular flexibility index (Phi) is 6.63. The van der Waals surface area contributed by atoms with Crippen LogP contribution in [0.1, 0.15) is 31.0 Å².